The largest absolute Gasteiger partial charge is 0.494 e. The molecule has 1 aromatic rings. The molecule has 3 N–H and O–H groups in total. The third kappa shape index (κ3) is 6.82. The monoisotopic (exact) mass is 296 g/mol. The Morgan fingerprint density at radius 2 is 2.10 bits per heavy atom. The first-order valence-corrected chi connectivity index (χ1v) is 8.24. The molecule has 0 aromatic heterocycles. The smallest absolute Gasteiger partial charge is 0.236 e. The van der Waals surface area contributed by atoms with E-state index >= 15 is 0 Å². The summed E-state index contributed by atoms with van der Waals surface area (Å²) in [5, 5.41) is 2.83. The lowest BCUT2D eigenvalue weighted by molar-refractivity contribution is -0.122. The van der Waals surface area contributed by atoms with Gasteiger partial charge in [-0.05, 0) is 43.9 Å². The fourth-order valence-corrected chi connectivity index (χ4v) is 2.10. The van der Waals surface area contributed by atoms with Gasteiger partial charge in [0.15, 0.2) is 0 Å². The van der Waals surface area contributed by atoms with Crippen LogP contribution in [0.5, 0.6) is 5.75 Å². The van der Waals surface area contributed by atoms with E-state index in [4.69, 9.17) is 10.5 Å². The van der Waals surface area contributed by atoms with Gasteiger partial charge in [-0.1, -0.05) is 17.7 Å². The summed E-state index contributed by atoms with van der Waals surface area (Å²) in [5.41, 5.74) is 6.98. The number of thioether (sulfide) groups is 1. The van der Waals surface area contributed by atoms with Gasteiger partial charge < -0.3 is 15.8 Å². The topological polar surface area (TPSA) is 64.4 Å². The normalized spacial score (nSPS) is 11.9. The van der Waals surface area contributed by atoms with Crippen LogP contribution >= 0.6 is 11.8 Å². The number of ether oxygens (including phenoxy) is 1. The van der Waals surface area contributed by atoms with Crippen LogP contribution in [0.1, 0.15) is 18.4 Å². The SMILES string of the molecule is CSCC[C@H](N)C(=O)NCCCOc1ccc(C)cc1. The number of aryl methyl sites for hydroxylation is 1. The average molecular weight is 296 g/mol. The number of amides is 1. The summed E-state index contributed by atoms with van der Waals surface area (Å²) < 4.78 is 5.58. The van der Waals surface area contributed by atoms with Crippen molar-refractivity contribution < 1.29 is 9.53 Å². The summed E-state index contributed by atoms with van der Waals surface area (Å²) >= 11 is 1.70. The molecule has 0 fully saturated rings. The molecular weight excluding hydrogens is 272 g/mol. The summed E-state index contributed by atoms with van der Waals surface area (Å²) in [7, 11) is 0. The van der Waals surface area contributed by atoms with Crippen LogP contribution in [0.15, 0.2) is 24.3 Å². The maximum Gasteiger partial charge on any atom is 0.236 e. The van der Waals surface area contributed by atoms with E-state index < -0.39 is 6.04 Å². The molecule has 0 aliphatic rings. The van der Waals surface area contributed by atoms with E-state index in [1.165, 1.54) is 5.56 Å². The highest BCUT2D eigenvalue weighted by Gasteiger charge is 2.11. The van der Waals surface area contributed by atoms with Crippen molar-refractivity contribution >= 4 is 17.7 Å². The Morgan fingerprint density at radius 1 is 1.40 bits per heavy atom. The molecule has 0 aliphatic heterocycles. The molecule has 1 amide bonds. The first-order chi connectivity index (χ1) is 9.63. The van der Waals surface area contributed by atoms with E-state index in [-0.39, 0.29) is 5.91 Å². The van der Waals surface area contributed by atoms with Crippen LogP contribution in [0.2, 0.25) is 0 Å². The Balaban J connectivity index is 2.09. The molecule has 0 radical (unpaired) electrons. The fraction of sp³-hybridized carbons (Fsp3) is 0.533. The van der Waals surface area contributed by atoms with Crippen molar-refractivity contribution in [3.8, 4) is 5.75 Å². The second-order valence-corrected chi connectivity index (χ2v) is 5.68. The first-order valence-electron chi connectivity index (χ1n) is 6.85. The van der Waals surface area contributed by atoms with Gasteiger partial charge in [-0.2, -0.15) is 11.8 Å². The van der Waals surface area contributed by atoms with Crippen LogP contribution in [0, 0.1) is 6.92 Å². The predicted octanol–water partition coefficient (Wildman–Crippen LogP) is 1.96. The third-order valence-electron chi connectivity index (χ3n) is 2.88. The summed E-state index contributed by atoms with van der Waals surface area (Å²) in [5.74, 6) is 1.69. The van der Waals surface area contributed by atoms with Crippen molar-refractivity contribution in [1.82, 2.24) is 5.32 Å². The van der Waals surface area contributed by atoms with Gasteiger partial charge in [-0.15, -0.1) is 0 Å². The van der Waals surface area contributed by atoms with Crippen LogP contribution in [-0.4, -0.2) is 37.1 Å². The minimum absolute atomic E-state index is 0.0746. The molecular formula is C15H24N2O2S. The molecule has 1 rings (SSSR count). The van der Waals surface area contributed by atoms with Gasteiger partial charge in [0.25, 0.3) is 0 Å². The maximum atomic E-state index is 11.6. The van der Waals surface area contributed by atoms with E-state index in [1.54, 1.807) is 11.8 Å². The molecule has 0 aliphatic carbocycles. The first kappa shape index (κ1) is 16.9. The molecule has 0 saturated heterocycles. The lowest BCUT2D eigenvalue weighted by atomic mass is 10.2. The zero-order chi connectivity index (χ0) is 14.8. The number of hydrogen-bond acceptors (Lipinski definition) is 4. The molecule has 0 heterocycles. The molecule has 112 valence electrons. The van der Waals surface area contributed by atoms with E-state index in [2.05, 4.69) is 5.32 Å². The Morgan fingerprint density at radius 3 is 2.75 bits per heavy atom. The van der Waals surface area contributed by atoms with Crippen molar-refractivity contribution in [2.45, 2.75) is 25.8 Å². The van der Waals surface area contributed by atoms with Crippen LogP contribution in [0.25, 0.3) is 0 Å². The summed E-state index contributed by atoms with van der Waals surface area (Å²) in [6.45, 7) is 3.22. The zero-order valence-electron chi connectivity index (χ0n) is 12.2. The van der Waals surface area contributed by atoms with Crippen molar-refractivity contribution in [3.05, 3.63) is 29.8 Å². The van der Waals surface area contributed by atoms with Crippen molar-refractivity contribution in [3.63, 3.8) is 0 Å². The molecule has 1 atom stereocenters. The second kappa shape index (κ2) is 9.66. The molecule has 0 saturated carbocycles. The quantitative estimate of drug-likeness (QED) is 0.684. The summed E-state index contributed by atoms with van der Waals surface area (Å²) in [6.07, 6.45) is 3.49. The van der Waals surface area contributed by atoms with E-state index in [0.717, 1.165) is 17.9 Å². The number of nitrogens with one attached hydrogen (secondary N) is 1. The highest BCUT2D eigenvalue weighted by molar-refractivity contribution is 7.98. The second-order valence-electron chi connectivity index (χ2n) is 4.69. The standard InChI is InChI=1S/C15H24N2O2S/c1-12-4-6-13(7-5-12)19-10-3-9-17-15(18)14(16)8-11-20-2/h4-7,14H,3,8-11,16H2,1-2H3,(H,17,18)/t14-/m0/s1. The zero-order valence-corrected chi connectivity index (χ0v) is 13.0. The molecule has 0 unspecified atom stereocenters. The van der Waals surface area contributed by atoms with Gasteiger partial charge in [-0.25, -0.2) is 0 Å². The minimum atomic E-state index is -0.402. The number of rotatable bonds is 9. The van der Waals surface area contributed by atoms with E-state index in [1.807, 2.05) is 37.4 Å². The molecule has 5 heteroatoms. The molecule has 20 heavy (non-hydrogen) atoms. The molecule has 4 nitrogen and oxygen atoms in total. The number of carbonyl (C=O) groups is 1. The number of benzene rings is 1. The van der Waals surface area contributed by atoms with Crippen LogP contribution < -0.4 is 15.8 Å². The number of carbonyl (C=O) groups excluding carboxylic acids is 1. The maximum absolute atomic E-state index is 11.6. The minimum Gasteiger partial charge on any atom is -0.494 e. The van der Waals surface area contributed by atoms with Crippen LogP contribution in [-0.2, 0) is 4.79 Å². The average Bonchev–Trinajstić information content (AvgIpc) is 2.46. The van der Waals surface area contributed by atoms with Gasteiger partial charge in [0.1, 0.15) is 5.75 Å². The van der Waals surface area contributed by atoms with Gasteiger partial charge in [0, 0.05) is 6.54 Å². The molecule has 1 aromatic carbocycles. The third-order valence-corrected chi connectivity index (χ3v) is 3.52. The number of nitrogens with two attached hydrogens (primary N) is 1. The molecule has 0 bridgehead atoms. The lowest BCUT2D eigenvalue weighted by Crippen LogP contribution is -2.41. The van der Waals surface area contributed by atoms with Gasteiger partial charge >= 0.3 is 0 Å². The Bertz CT molecular complexity index is 395. The fourth-order valence-electron chi connectivity index (χ4n) is 1.62. The Kier molecular flexibility index (Phi) is 8.14. The Labute approximate surface area is 125 Å². The molecule has 0 spiro atoms. The van der Waals surface area contributed by atoms with Crippen molar-refractivity contribution in [2.75, 3.05) is 25.2 Å². The highest BCUT2D eigenvalue weighted by atomic mass is 32.2. The van der Waals surface area contributed by atoms with E-state index in [9.17, 15) is 4.79 Å². The van der Waals surface area contributed by atoms with Gasteiger partial charge in [0.2, 0.25) is 5.91 Å². The van der Waals surface area contributed by atoms with Crippen LogP contribution in [0.4, 0.5) is 0 Å². The predicted molar refractivity (Wildman–Crippen MR) is 85.3 cm³/mol. The van der Waals surface area contributed by atoms with Crippen molar-refractivity contribution in [2.24, 2.45) is 5.73 Å². The number of hydrogen-bond donors (Lipinski definition) is 2. The van der Waals surface area contributed by atoms with Gasteiger partial charge in [0.05, 0.1) is 12.6 Å². The van der Waals surface area contributed by atoms with Crippen molar-refractivity contribution in [1.29, 1.82) is 0 Å². The van der Waals surface area contributed by atoms with E-state index in [0.29, 0.717) is 19.6 Å². The summed E-state index contributed by atoms with van der Waals surface area (Å²) in [4.78, 5) is 11.6. The Hall–Kier alpha value is -1.20. The van der Waals surface area contributed by atoms with Crippen LogP contribution in [0.3, 0.4) is 0 Å². The summed E-state index contributed by atoms with van der Waals surface area (Å²) in [6, 6.07) is 7.53. The highest BCUT2D eigenvalue weighted by Crippen LogP contribution is 2.11. The lowest BCUT2D eigenvalue weighted by Gasteiger charge is -2.12. The van der Waals surface area contributed by atoms with Gasteiger partial charge in [-0.3, -0.25) is 4.79 Å².